The predicted octanol–water partition coefficient (Wildman–Crippen LogP) is 2.75. The molecule has 116 valence electrons. The lowest BCUT2D eigenvalue weighted by Gasteiger charge is -2.15. The number of nitrogens with one attached hydrogen (secondary N) is 1. The van der Waals surface area contributed by atoms with Crippen molar-refractivity contribution in [3.8, 4) is 0 Å². The first-order valence-corrected chi connectivity index (χ1v) is 8.98. The fourth-order valence-electron chi connectivity index (χ4n) is 2.12. The Bertz CT molecular complexity index is 628. The van der Waals surface area contributed by atoms with E-state index in [1.165, 1.54) is 10.4 Å². The van der Waals surface area contributed by atoms with E-state index in [1.807, 2.05) is 0 Å². The third-order valence-corrected chi connectivity index (χ3v) is 5.67. The highest BCUT2D eigenvalue weighted by Gasteiger charge is 2.25. The van der Waals surface area contributed by atoms with Crippen LogP contribution in [0.2, 0.25) is 10.0 Å². The molecule has 0 atom stereocenters. The van der Waals surface area contributed by atoms with Crippen molar-refractivity contribution in [2.75, 3.05) is 24.2 Å². The quantitative estimate of drug-likeness (QED) is 0.887. The molecule has 1 fully saturated rings. The Balaban J connectivity index is 1.90. The van der Waals surface area contributed by atoms with Crippen molar-refractivity contribution in [1.29, 1.82) is 0 Å². The van der Waals surface area contributed by atoms with Crippen LogP contribution in [0.4, 0.5) is 5.69 Å². The molecule has 0 unspecified atom stereocenters. The second kappa shape index (κ2) is 6.96. The maximum Gasteiger partial charge on any atom is 0.225 e. The fraction of sp³-hybridized carbons (Fsp3) is 0.462. The summed E-state index contributed by atoms with van der Waals surface area (Å²) in [7, 11) is -3.35. The molecule has 0 aliphatic carbocycles. The molecule has 1 amide bonds. The van der Waals surface area contributed by atoms with E-state index in [4.69, 9.17) is 23.2 Å². The number of carbonyl (C=O) groups is 1. The van der Waals surface area contributed by atoms with Crippen LogP contribution in [0.5, 0.6) is 0 Å². The molecule has 1 N–H and O–H groups in total. The van der Waals surface area contributed by atoms with Crippen LogP contribution in [0, 0.1) is 0 Å². The highest BCUT2D eigenvalue weighted by Crippen LogP contribution is 2.25. The lowest BCUT2D eigenvalue weighted by Crippen LogP contribution is -2.31. The maximum absolute atomic E-state index is 12.0. The summed E-state index contributed by atoms with van der Waals surface area (Å²) in [6.45, 7) is 1.10. The molecule has 0 radical (unpaired) electrons. The van der Waals surface area contributed by atoms with Crippen LogP contribution in [-0.2, 0) is 14.8 Å². The average Bonchev–Trinajstić information content (AvgIpc) is 2.95. The number of sulfonamides is 1. The molecule has 1 saturated heterocycles. The predicted molar refractivity (Wildman–Crippen MR) is 84.3 cm³/mol. The number of carbonyl (C=O) groups excluding carboxylic acids is 1. The van der Waals surface area contributed by atoms with Crippen molar-refractivity contribution in [2.45, 2.75) is 19.3 Å². The smallest absolute Gasteiger partial charge is 0.225 e. The minimum atomic E-state index is -3.35. The van der Waals surface area contributed by atoms with Gasteiger partial charge in [-0.15, -0.1) is 0 Å². The van der Waals surface area contributed by atoms with Crippen LogP contribution in [0.25, 0.3) is 0 Å². The van der Waals surface area contributed by atoms with Gasteiger partial charge in [0.15, 0.2) is 0 Å². The van der Waals surface area contributed by atoms with Crippen molar-refractivity contribution >= 4 is 44.8 Å². The third-order valence-electron chi connectivity index (χ3n) is 3.25. The SMILES string of the molecule is O=C(CCS(=O)(=O)N1CCCC1)Nc1ccc(Cl)cc1Cl. The van der Waals surface area contributed by atoms with Crippen molar-refractivity contribution in [3.63, 3.8) is 0 Å². The second-order valence-electron chi connectivity index (χ2n) is 4.84. The molecule has 0 aromatic heterocycles. The highest BCUT2D eigenvalue weighted by atomic mass is 35.5. The maximum atomic E-state index is 12.0. The van der Waals surface area contributed by atoms with Crippen molar-refractivity contribution in [1.82, 2.24) is 4.31 Å². The summed E-state index contributed by atoms with van der Waals surface area (Å²) < 4.78 is 25.4. The van der Waals surface area contributed by atoms with Gasteiger partial charge < -0.3 is 5.32 Å². The van der Waals surface area contributed by atoms with Gasteiger partial charge in [0.1, 0.15) is 0 Å². The summed E-state index contributed by atoms with van der Waals surface area (Å²) in [5.41, 5.74) is 0.421. The summed E-state index contributed by atoms with van der Waals surface area (Å²) >= 11 is 11.7. The zero-order valence-corrected chi connectivity index (χ0v) is 13.6. The van der Waals surface area contributed by atoms with Gasteiger partial charge in [-0.2, -0.15) is 0 Å². The molecule has 1 aliphatic heterocycles. The summed E-state index contributed by atoms with van der Waals surface area (Å²) in [4.78, 5) is 11.8. The third kappa shape index (κ3) is 4.57. The highest BCUT2D eigenvalue weighted by molar-refractivity contribution is 7.89. The normalized spacial score (nSPS) is 16.1. The molecule has 1 aromatic carbocycles. The molecular weight excluding hydrogens is 335 g/mol. The van der Waals surface area contributed by atoms with Crippen LogP contribution in [0.3, 0.4) is 0 Å². The van der Waals surface area contributed by atoms with Gasteiger partial charge in [0.25, 0.3) is 0 Å². The molecule has 5 nitrogen and oxygen atoms in total. The molecule has 1 heterocycles. The Hall–Kier alpha value is -0.820. The van der Waals surface area contributed by atoms with Gasteiger partial charge in [-0.1, -0.05) is 23.2 Å². The summed E-state index contributed by atoms with van der Waals surface area (Å²) in [6.07, 6.45) is 1.66. The van der Waals surface area contributed by atoms with Crippen molar-refractivity contribution in [2.24, 2.45) is 0 Å². The van der Waals surface area contributed by atoms with Crippen molar-refractivity contribution in [3.05, 3.63) is 28.2 Å². The van der Waals surface area contributed by atoms with Crippen LogP contribution in [-0.4, -0.2) is 37.5 Å². The molecular formula is C13H16Cl2N2O3S. The molecule has 8 heteroatoms. The summed E-state index contributed by atoms with van der Waals surface area (Å²) in [5, 5.41) is 3.37. The Morgan fingerprint density at radius 3 is 2.52 bits per heavy atom. The topological polar surface area (TPSA) is 66.5 Å². The van der Waals surface area contributed by atoms with Crippen LogP contribution < -0.4 is 5.32 Å². The van der Waals surface area contributed by atoms with Gasteiger partial charge in [-0.25, -0.2) is 12.7 Å². The largest absolute Gasteiger partial charge is 0.325 e. The van der Waals surface area contributed by atoms with E-state index in [2.05, 4.69) is 5.32 Å². The number of halogens is 2. The van der Waals surface area contributed by atoms with E-state index in [1.54, 1.807) is 12.1 Å². The second-order valence-corrected chi connectivity index (χ2v) is 7.78. The van der Waals surface area contributed by atoms with E-state index in [0.29, 0.717) is 28.8 Å². The van der Waals surface area contributed by atoms with Crippen molar-refractivity contribution < 1.29 is 13.2 Å². The number of amides is 1. The first-order valence-electron chi connectivity index (χ1n) is 6.61. The number of hydrogen-bond acceptors (Lipinski definition) is 3. The molecule has 0 spiro atoms. The molecule has 1 aliphatic rings. The van der Waals surface area contributed by atoms with Crippen LogP contribution >= 0.6 is 23.2 Å². The van der Waals surface area contributed by atoms with Gasteiger partial charge in [-0.3, -0.25) is 4.79 Å². The van der Waals surface area contributed by atoms with Gasteiger partial charge in [0.05, 0.1) is 16.5 Å². The monoisotopic (exact) mass is 350 g/mol. The zero-order valence-electron chi connectivity index (χ0n) is 11.3. The van der Waals surface area contributed by atoms with Crippen LogP contribution in [0.15, 0.2) is 18.2 Å². The zero-order chi connectivity index (χ0) is 15.5. The molecule has 21 heavy (non-hydrogen) atoms. The Morgan fingerprint density at radius 1 is 1.24 bits per heavy atom. The van der Waals surface area contributed by atoms with Gasteiger partial charge in [0, 0.05) is 24.5 Å². The number of rotatable bonds is 5. The minimum Gasteiger partial charge on any atom is -0.325 e. The summed E-state index contributed by atoms with van der Waals surface area (Å²) in [6, 6.07) is 4.70. The Kier molecular flexibility index (Phi) is 5.48. The average molecular weight is 351 g/mol. The van der Waals surface area contributed by atoms with E-state index in [9.17, 15) is 13.2 Å². The minimum absolute atomic E-state index is 0.0994. The fourth-order valence-corrected chi connectivity index (χ4v) is 4.09. The van der Waals surface area contributed by atoms with Gasteiger partial charge in [0.2, 0.25) is 15.9 Å². The van der Waals surface area contributed by atoms with E-state index >= 15 is 0 Å². The number of nitrogens with zero attached hydrogens (tertiary/aromatic N) is 1. The standard InChI is InChI=1S/C13H16Cl2N2O3S/c14-10-3-4-12(11(15)9-10)16-13(18)5-8-21(19,20)17-6-1-2-7-17/h3-4,9H,1-2,5-8H2,(H,16,18). The number of benzene rings is 1. The van der Waals surface area contributed by atoms with E-state index < -0.39 is 10.0 Å². The molecule has 0 bridgehead atoms. The van der Waals surface area contributed by atoms with E-state index in [0.717, 1.165) is 12.8 Å². The molecule has 0 saturated carbocycles. The van der Waals surface area contributed by atoms with Gasteiger partial charge in [-0.05, 0) is 31.0 Å². The van der Waals surface area contributed by atoms with Crippen LogP contribution in [0.1, 0.15) is 19.3 Å². The van der Waals surface area contributed by atoms with E-state index in [-0.39, 0.29) is 18.1 Å². The lowest BCUT2D eigenvalue weighted by molar-refractivity contribution is -0.115. The Morgan fingerprint density at radius 2 is 1.90 bits per heavy atom. The first-order chi connectivity index (χ1) is 9.88. The molecule has 1 aromatic rings. The number of anilines is 1. The molecule has 2 rings (SSSR count). The summed E-state index contributed by atoms with van der Waals surface area (Å²) in [5.74, 6) is -0.577. The Labute approximate surface area is 134 Å². The lowest BCUT2D eigenvalue weighted by atomic mass is 10.3. The first kappa shape index (κ1) is 16.5. The van der Waals surface area contributed by atoms with Gasteiger partial charge >= 0.3 is 0 Å². The number of hydrogen-bond donors (Lipinski definition) is 1.